The van der Waals surface area contributed by atoms with E-state index in [-0.39, 0.29) is 0 Å². The van der Waals surface area contributed by atoms with E-state index in [0.717, 1.165) is 29.9 Å². The topological polar surface area (TPSA) is 18.5 Å². The van der Waals surface area contributed by atoms with Crippen LogP contribution in [-0.4, -0.2) is 13.2 Å². The molecule has 0 aliphatic carbocycles. The zero-order valence-corrected chi connectivity index (χ0v) is 19.0. The lowest BCUT2D eigenvalue weighted by Crippen LogP contribution is -2.17. The number of hydrogen-bond donors (Lipinski definition) is 0. The van der Waals surface area contributed by atoms with Gasteiger partial charge in [-0.2, -0.15) is 0 Å². The van der Waals surface area contributed by atoms with Crippen molar-refractivity contribution in [1.29, 1.82) is 0 Å². The SMILES string of the molecule is CC(C)Cc1ccc(C(C)(C)Cl)c(OCCOc2ccccc2)c1CC(C)C. The second kappa shape index (κ2) is 10.2. The van der Waals surface area contributed by atoms with Crippen molar-refractivity contribution >= 4 is 11.6 Å². The predicted octanol–water partition coefficient (Wildman–Crippen LogP) is 7.02. The van der Waals surface area contributed by atoms with Crippen molar-refractivity contribution in [3.8, 4) is 11.5 Å². The van der Waals surface area contributed by atoms with Crippen molar-refractivity contribution in [1.82, 2.24) is 0 Å². The van der Waals surface area contributed by atoms with Gasteiger partial charge in [-0.1, -0.05) is 58.0 Å². The summed E-state index contributed by atoms with van der Waals surface area (Å²) in [6, 6.07) is 14.2. The largest absolute Gasteiger partial charge is 0.490 e. The van der Waals surface area contributed by atoms with Crippen LogP contribution in [0.5, 0.6) is 11.5 Å². The zero-order valence-electron chi connectivity index (χ0n) is 18.2. The quantitative estimate of drug-likeness (QED) is 0.314. The third-order valence-corrected chi connectivity index (χ3v) is 4.78. The lowest BCUT2D eigenvalue weighted by atomic mass is 9.87. The molecule has 0 saturated heterocycles. The predicted molar refractivity (Wildman–Crippen MR) is 120 cm³/mol. The van der Waals surface area contributed by atoms with E-state index in [4.69, 9.17) is 21.1 Å². The molecule has 0 atom stereocenters. The van der Waals surface area contributed by atoms with Crippen LogP contribution in [0, 0.1) is 11.8 Å². The summed E-state index contributed by atoms with van der Waals surface area (Å²) < 4.78 is 12.1. The third-order valence-electron chi connectivity index (χ3n) is 4.58. The molecule has 28 heavy (non-hydrogen) atoms. The van der Waals surface area contributed by atoms with Crippen LogP contribution >= 0.6 is 11.6 Å². The second-order valence-electron chi connectivity index (χ2n) is 8.76. The van der Waals surface area contributed by atoms with Crippen molar-refractivity contribution in [2.45, 2.75) is 59.3 Å². The minimum Gasteiger partial charge on any atom is -0.490 e. The molecule has 2 nitrogen and oxygen atoms in total. The first-order valence-corrected chi connectivity index (χ1v) is 10.7. The molecule has 0 aromatic heterocycles. The monoisotopic (exact) mass is 402 g/mol. The van der Waals surface area contributed by atoms with Crippen molar-refractivity contribution in [2.24, 2.45) is 11.8 Å². The van der Waals surface area contributed by atoms with Gasteiger partial charge in [0.05, 0.1) is 4.87 Å². The van der Waals surface area contributed by atoms with E-state index >= 15 is 0 Å². The maximum atomic E-state index is 6.73. The van der Waals surface area contributed by atoms with Gasteiger partial charge in [0.15, 0.2) is 0 Å². The Labute approximate surface area is 176 Å². The summed E-state index contributed by atoms with van der Waals surface area (Å²) in [6.07, 6.45) is 2.03. The molecular formula is C25H35ClO2. The molecule has 0 bridgehead atoms. The Morgan fingerprint density at radius 1 is 0.821 bits per heavy atom. The van der Waals surface area contributed by atoms with Crippen LogP contribution in [0.4, 0.5) is 0 Å². The van der Waals surface area contributed by atoms with Crippen LogP contribution in [0.15, 0.2) is 42.5 Å². The van der Waals surface area contributed by atoms with Crippen LogP contribution in [0.3, 0.4) is 0 Å². The normalized spacial score (nSPS) is 11.9. The molecular weight excluding hydrogens is 368 g/mol. The van der Waals surface area contributed by atoms with Gasteiger partial charge in [-0.25, -0.2) is 0 Å². The fraction of sp³-hybridized carbons (Fsp3) is 0.520. The number of hydrogen-bond acceptors (Lipinski definition) is 2. The van der Waals surface area contributed by atoms with Gasteiger partial charge in [-0.15, -0.1) is 11.6 Å². The van der Waals surface area contributed by atoms with E-state index in [1.54, 1.807) is 0 Å². The Morgan fingerprint density at radius 3 is 2.00 bits per heavy atom. The first-order chi connectivity index (χ1) is 13.2. The Morgan fingerprint density at radius 2 is 1.43 bits per heavy atom. The van der Waals surface area contributed by atoms with E-state index in [1.807, 2.05) is 44.2 Å². The number of para-hydroxylation sites is 1. The molecule has 0 fully saturated rings. The van der Waals surface area contributed by atoms with Crippen LogP contribution in [0.2, 0.25) is 0 Å². The Bertz CT molecular complexity index is 730. The maximum Gasteiger partial charge on any atom is 0.127 e. The second-order valence-corrected chi connectivity index (χ2v) is 9.70. The minimum atomic E-state index is -0.488. The Balaban J connectivity index is 2.28. The highest BCUT2D eigenvalue weighted by Crippen LogP contribution is 2.40. The van der Waals surface area contributed by atoms with Gasteiger partial charge in [-0.3, -0.25) is 0 Å². The maximum absolute atomic E-state index is 6.73. The summed E-state index contributed by atoms with van der Waals surface area (Å²) in [5.74, 6) is 2.95. The lowest BCUT2D eigenvalue weighted by molar-refractivity contribution is 0.213. The van der Waals surface area contributed by atoms with Crippen molar-refractivity contribution < 1.29 is 9.47 Å². The van der Waals surface area contributed by atoms with E-state index in [9.17, 15) is 0 Å². The fourth-order valence-electron chi connectivity index (χ4n) is 3.38. The summed E-state index contributed by atoms with van der Waals surface area (Å²) in [7, 11) is 0. The zero-order chi connectivity index (χ0) is 20.7. The molecule has 0 aliphatic heterocycles. The van der Waals surface area contributed by atoms with Gasteiger partial charge in [0.1, 0.15) is 24.7 Å². The molecule has 0 N–H and O–H groups in total. The average molecular weight is 403 g/mol. The van der Waals surface area contributed by atoms with Crippen molar-refractivity contribution in [3.05, 3.63) is 59.2 Å². The average Bonchev–Trinajstić information content (AvgIpc) is 2.60. The van der Waals surface area contributed by atoms with Crippen LogP contribution < -0.4 is 9.47 Å². The Hall–Kier alpha value is -1.67. The third kappa shape index (κ3) is 6.74. The molecule has 2 aromatic carbocycles. The first kappa shape index (κ1) is 22.6. The molecule has 0 aliphatic rings. The van der Waals surface area contributed by atoms with Crippen LogP contribution in [0.1, 0.15) is 58.2 Å². The molecule has 2 rings (SSSR count). The van der Waals surface area contributed by atoms with E-state index < -0.39 is 4.87 Å². The fourth-order valence-corrected chi connectivity index (χ4v) is 3.53. The van der Waals surface area contributed by atoms with E-state index in [1.165, 1.54) is 11.1 Å². The first-order valence-electron chi connectivity index (χ1n) is 10.3. The van der Waals surface area contributed by atoms with Gasteiger partial charge in [0.25, 0.3) is 0 Å². The Kier molecular flexibility index (Phi) is 8.24. The van der Waals surface area contributed by atoms with Crippen LogP contribution in [0.25, 0.3) is 0 Å². The summed E-state index contributed by atoms with van der Waals surface area (Å²) >= 11 is 6.73. The molecule has 2 aromatic rings. The molecule has 154 valence electrons. The number of halogens is 1. The van der Waals surface area contributed by atoms with Gasteiger partial charge < -0.3 is 9.47 Å². The molecule has 0 saturated carbocycles. The molecule has 0 heterocycles. The number of benzene rings is 2. The molecule has 0 radical (unpaired) electrons. The highest BCUT2D eigenvalue weighted by molar-refractivity contribution is 6.23. The lowest BCUT2D eigenvalue weighted by Gasteiger charge is -2.26. The smallest absolute Gasteiger partial charge is 0.127 e. The summed E-state index contributed by atoms with van der Waals surface area (Å²) in [5, 5.41) is 0. The van der Waals surface area contributed by atoms with E-state index in [2.05, 4.69) is 39.8 Å². The standard InChI is InChI=1S/C25H35ClO2/c1-18(2)16-20-12-13-23(25(5,6)26)24(22(20)17-19(3)4)28-15-14-27-21-10-8-7-9-11-21/h7-13,18-19H,14-17H2,1-6H3. The molecule has 3 heteroatoms. The molecule has 0 spiro atoms. The van der Waals surface area contributed by atoms with Gasteiger partial charge in [0, 0.05) is 5.56 Å². The highest BCUT2D eigenvalue weighted by Gasteiger charge is 2.26. The summed E-state index contributed by atoms with van der Waals surface area (Å²) in [5.41, 5.74) is 3.72. The summed E-state index contributed by atoms with van der Waals surface area (Å²) in [6.45, 7) is 14.1. The number of ether oxygens (including phenoxy) is 2. The minimum absolute atomic E-state index is 0.488. The molecule has 0 amide bonds. The van der Waals surface area contributed by atoms with Crippen molar-refractivity contribution in [2.75, 3.05) is 13.2 Å². The summed E-state index contributed by atoms with van der Waals surface area (Å²) in [4.78, 5) is -0.488. The number of rotatable bonds is 10. The van der Waals surface area contributed by atoms with Gasteiger partial charge in [0.2, 0.25) is 0 Å². The highest BCUT2D eigenvalue weighted by atomic mass is 35.5. The van der Waals surface area contributed by atoms with Crippen LogP contribution in [-0.2, 0) is 17.7 Å². The molecule has 0 unspecified atom stereocenters. The van der Waals surface area contributed by atoms with Crippen molar-refractivity contribution in [3.63, 3.8) is 0 Å². The van der Waals surface area contributed by atoms with Gasteiger partial charge >= 0.3 is 0 Å². The van der Waals surface area contributed by atoms with Gasteiger partial charge in [-0.05, 0) is 61.8 Å². The number of alkyl halides is 1. The van der Waals surface area contributed by atoms with E-state index in [0.29, 0.717) is 25.0 Å².